The third-order valence-electron chi connectivity index (χ3n) is 2.17. The van der Waals surface area contributed by atoms with Crippen LogP contribution < -0.4 is 0 Å². The number of aromatic nitrogens is 1. The van der Waals surface area contributed by atoms with Crippen LogP contribution in [0.3, 0.4) is 0 Å². The Morgan fingerprint density at radius 1 is 1.53 bits per heavy atom. The first-order valence-corrected chi connectivity index (χ1v) is 4.54. The van der Waals surface area contributed by atoms with Crippen molar-refractivity contribution in [2.45, 2.75) is 19.1 Å². The number of carbonyl (C=O) groups is 1. The lowest BCUT2D eigenvalue weighted by Crippen LogP contribution is -2.27. The molecule has 2 unspecified atom stereocenters. The van der Waals surface area contributed by atoms with Crippen LogP contribution in [-0.2, 0) is 4.79 Å². The molecule has 0 aromatic carbocycles. The molecule has 0 spiro atoms. The summed E-state index contributed by atoms with van der Waals surface area (Å²) in [4.78, 5) is 24.0. The van der Waals surface area contributed by atoms with Gasteiger partial charge in [-0.3, -0.25) is 15.1 Å². The molecule has 0 saturated carbocycles. The van der Waals surface area contributed by atoms with Gasteiger partial charge in [0.2, 0.25) is 0 Å². The Hall–Kier alpha value is -2.06. The number of aliphatic hydroxyl groups is 2. The first-order valence-electron chi connectivity index (χ1n) is 4.54. The van der Waals surface area contributed by atoms with Crippen LogP contribution in [0.4, 0.5) is 5.69 Å². The average Bonchev–Trinajstić information content (AvgIpc) is 2.27. The molecule has 0 aliphatic rings. The molecule has 0 radical (unpaired) electrons. The van der Waals surface area contributed by atoms with Crippen LogP contribution in [-0.4, -0.2) is 37.3 Å². The van der Waals surface area contributed by atoms with Crippen molar-refractivity contribution >= 4 is 11.7 Å². The Balaban J connectivity index is 3.11. The fourth-order valence-electron chi connectivity index (χ4n) is 1.20. The minimum Gasteiger partial charge on any atom is -0.479 e. The molecular weight excluding hydrogens is 232 g/mol. The number of nitro groups is 1. The Morgan fingerprint density at radius 2 is 2.12 bits per heavy atom. The van der Waals surface area contributed by atoms with E-state index in [0.29, 0.717) is 0 Å². The maximum absolute atomic E-state index is 10.6. The molecular formula is C9H10N2O6. The number of aliphatic carboxylic acids is 1. The average molecular weight is 242 g/mol. The molecule has 1 aromatic heterocycles. The summed E-state index contributed by atoms with van der Waals surface area (Å²) in [6.07, 6.45) is -2.74. The zero-order valence-corrected chi connectivity index (χ0v) is 8.77. The fraction of sp³-hybridized carbons (Fsp3) is 0.333. The number of nitrogens with zero attached hydrogens (tertiary/aromatic N) is 2. The molecule has 1 rings (SSSR count). The maximum atomic E-state index is 10.6. The number of carboxylic acid groups (broad SMARTS) is 1. The number of hydrogen-bond donors (Lipinski definition) is 3. The van der Waals surface area contributed by atoms with Crippen LogP contribution in [0, 0.1) is 17.0 Å². The van der Waals surface area contributed by atoms with Gasteiger partial charge in [0.25, 0.3) is 5.69 Å². The molecule has 8 heteroatoms. The molecule has 8 nitrogen and oxygen atoms in total. The van der Waals surface area contributed by atoms with E-state index >= 15 is 0 Å². The molecule has 1 aromatic rings. The van der Waals surface area contributed by atoms with E-state index in [9.17, 15) is 20.0 Å². The van der Waals surface area contributed by atoms with Crippen molar-refractivity contribution < 1.29 is 25.0 Å². The predicted molar refractivity (Wildman–Crippen MR) is 54.2 cm³/mol. The maximum Gasteiger partial charge on any atom is 0.335 e. The number of pyridine rings is 1. The second-order valence-electron chi connectivity index (χ2n) is 3.36. The first-order chi connectivity index (χ1) is 7.84. The molecule has 0 amide bonds. The van der Waals surface area contributed by atoms with Gasteiger partial charge in [-0.2, -0.15) is 0 Å². The van der Waals surface area contributed by atoms with E-state index in [2.05, 4.69) is 4.98 Å². The molecule has 2 atom stereocenters. The van der Waals surface area contributed by atoms with Gasteiger partial charge >= 0.3 is 5.97 Å². The summed E-state index contributed by atoms with van der Waals surface area (Å²) < 4.78 is 0. The molecule has 92 valence electrons. The van der Waals surface area contributed by atoms with Crippen LogP contribution in [0.25, 0.3) is 0 Å². The summed E-state index contributed by atoms with van der Waals surface area (Å²) >= 11 is 0. The van der Waals surface area contributed by atoms with E-state index in [1.165, 1.54) is 6.92 Å². The second kappa shape index (κ2) is 4.85. The second-order valence-corrected chi connectivity index (χ2v) is 3.36. The van der Waals surface area contributed by atoms with Crippen molar-refractivity contribution in [2.75, 3.05) is 0 Å². The van der Waals surface area contributed by atoms with Gasteiger partial charge in [-0.05, 0) is 6.92 Å². The van der Waals surface area contributed by atoms with Gasteiger partial charge < -0.3 is 15.3 Å². The van der Waals surface area contributed by atoms with E-state index in [1.807, 2.05) is 0 Å². The van der Waals surface area contributed by atoms with E-state index in [-0.39, 0.29) is 16.9 Å². The van der Waals surface area contributed by atoms with E-state index in [1.54, 1.807) is 0 Å². The molecule has 0 fully saturated rings. The minimum atomic E-state index is -2.06. The number of aryl methyl sites for hydroxylation is 1. The Bertz CT molecular complexity index is 461. The molecule has 3 N–H and O–H groups in total. The van der Waals surface area contributed by atoms with Gasteiger partial charge in [0.15, 0.2) is 6.10 Å². The highest BCUT2D eigenvalue weighted by Crippen LogP contribution is 2.23. The fourth-order valence-corrected chi connectivity index (χ4v) is 1.20. The lowest BCUT2D eigenvalue weighted by Gasteiger charge is -2.13. The monoisotopic (exact) mass is 242 g/mol. The van der Waals surface area contributed by atoms with E-state index in [0.717, 1.165) is 12.3 Å². The summed E-state index contributed by atoms with van der Waals surface area (Å²) in [6, 6.07) is 0.985. The van der Waals surface area contributed by atoms with Gasteiger partial charge in [0, 0.05) is 17.8 Å². The van der Waals surface area contributed by atoms with Gasteiger partial charge in [-0.1, -0.05) is 0 Å². The Morgan fingerprint density at radius 3 is 2.59 bits per heavy atom. The summed E-state index contributed by atoms with van der Waals surface area (Å²) in [5.74, 6) is -1.62. The number of carboxylic acids is 1. The van der Waals surface area contributed by atoms with Crippen molar-refractivity contribution in [3.05, 3.63) is 33.6 Å². The van der Waals surface area contributed by atoms with Crippen LogP contribution in [0.5, 0.6) is 0 Å². The van der Waals surface area contributed by atoms with E-state index < -0.39 is 23.1 Å². The molecule has 0 aliphatic heterocycles. The van der Waals surface area contributed by atoms with Crippen LogP contribution in [0.1, 0.15) is 17.4 Å². The van der Waals surface area contributed by atoms with Gasteiger partial charge in [-0.25, -0.2) is 4.79 Å². The Kier molecular flexibility index (Phi) is 3.71. The SMILES string of the molecule is Cc1ncc(C(O)C(O)C(=O)O)cc1[N+](=O)[O-]. The van der Waals surface area contributed by atoms with Gasteiger partial charge in [0.1, 0.15) is 11.8 Å². The summed E-state index contributed by atoms with van der Waals surface area (Å²) in [5, 5.41) is 37.7. The summed E-state index contributed by atoms with van der Waals surface area (Å²) in [7, 11) is 0. The molecule has 1 heterocycles. The summed E-state index contributed by atoms with van der Waals surface area (Å²) in [5.41, 5.74) is -0.341. The van der Waals surface area contributed by atoms with Crippen molar-refractivity contribution in [1.82, 2.24) is 4.98 Å². The predicted octanol–water partition coefficient (Wildman–Crippen LogP) is -0.223. The third kappa shape index (κ3) is 2.74. The number of aliphatic hydroxyl groups excluding tert-OH is 2. The van der Waals surface area contributed by atoms with Crippen LogP contribution in [0.15, 0.2) is 12.3 Å². The van der Waals surface area contributed by atoms with Crippen molar-refractivity contribution in [2.24, 2.45) is 0 Å². The lowest BCUT2D eigenvalue weighted by atomic mass is 10.1. The smallest absolute Gasteiger partial charge is 0.335 e. The standard InChI is InChI=1S/C9H10N2O6/c1-4-6(11(16)17)2-5(3-10-4)7(12)8(13)9(14)15/h2-3,7-8,12-13H,1H3,(H,14,15). The molecule has 0 bridgehead atoms. The lowest BCUT2D eigenvalue weighted by molar-refractivity contribution is -0.385. The third-order valence-corrected chi connectivity index (χ3v) is 2.17. The quantitative estimate of drug-likeness (QED) is 0.490. The number of rotatable bonds is 4. The molecule has 0 saturated heterocycles. The minimum absolute atomic E-state index is 0.128. The van der Waals surface area contributed by atoms with Crippen molar-refractivity contribution in [3.63, 3.8) is 0 Å². The van der Waals surface area contributed by atoms with Crippen molar-refractivity contribution in [1.29, 1.82) is 0 Å². The van der Waals surface area contributed by atoms with Crippen LogP contribution in [0.2, 0.25) is 0 Å². The van der Waals surface area contributed by atoms with Gasteiger partial charge in [0.05, 0.1) is 4.92 Å². The first kappa shape index (κ1) is 13.0. The highest BCUT2D eigenvalue weighted by Gasteiger charge is 2.27. The largest absolute Gasteiger partial charge is 0.479 e. The Labute approximate surface area is 95.3 Å². The molecule has 0 aliphatic carbocycles. The normalized spacial score (nSPS) is 14.1. The zero-order valence-electron chi connectivity index (χ0n) is 8.77. The number of hydrogen-bond acceptors (Lipinski definition) is 6. The summed E-state index contributed by atoms with van der Waals surface area (Å²) in [6.45, 7) is 1.40. The van der Waals surface area contributed by atoms with Crippen molar-refractivity contribution in [3.8, 4) is 0 Å². The van der Waals surface area contributed by atoms with E-state index in [4.69, 9.17) is 10.2 Å². The van der Waals surface area contributed by atoms with Crippen LogP contribution >= 0.6 is 0 Å². The van der Waals surface area contributed by atoms with Gasteiger partial charge in [-0.15, -0.1) is 0 Å². The molecule has 17 heavy (non-hydrogen) atoms. The zero-order chi connectivity index (χ0) is 13.2. The topological polar surface area (TPSA) is 134 Å². The highest BCUT2D eigenvalue weighted by molar-refractivity contribution is 5.73. The highest BCUT2D eigenvalue weighted by atomic mass is 16.6.